The second-order valence-corrected chi connectivity index (χ2v) is 9.00. The number of alkyl halides is 3. The third kappa shape index (κ3) is 3.89. The Labute approximate surface area is 204 Å². The Hall–Kier alpha value is -3.85. The lowest BCUT2D eigenvalue weighted by Gasteiger charge is -2.32. The molecule has 0 saturated carbocycles. The van der Waals surface area contributed by atoms with E-state index < -0.39 is 17.3 Å². The number of nitrogens with zero attached hydrogens (tertiary/aromatic N) is 3. The van der Waals surface area contributed by atoms with Crippen LogP contribution in [0.1, 0.15) is 17.5 Å². The average molecular weight is 493 g/mol. The number of fused-ring (bicyclic) bond motifs is 3. The summed E-state index contributed by atoms with van der Waals surface area (Å²) in [5.74, 6) is 0. The van der Waals surface area contributed by atoms with Crippen molar-refractivity contribution in [2.45, 2.75) is 12.6 Å². The monoisotopic (exact) mass is 492 g/mol. The van der Waals surface area contributed by atoms with E-state index in [0.717, 1.165) is 23.6 Å². The zero-order chi connectivity index (χ0) is 24.9. The summed E-state index contributed by atoms with van der Waals surface area (Å²) in [7, 11) is 0. The molecule has 0 bridgehead atoms. The molecule has 2 aliphatic rings. The van der Waals surface area contributed by atoms with Gasteiger partial charge in [-0.25, -0.2) is 0 Å². The minimum absolute atomic E-state index is 0.128. The van der Waals surface area contributed by atoms with Crippen LogP contribution in [0.3, 0.4) is 0 Å². The number of anilines is 1. The Morgan fingerprint density at radius 1 is 1.00 bits per heavy atom. The van der Waals surface area contributed by atoms with Crippen LogP contribution in [0.15, 0.2) is 65.8 Å². The Kier molecular flexibility index (Phi) is 5.44. The van der Waals surface area contributed by atoms with Gasteiger partial charge in [-0.2, -0.15) is 13.2 Å². The molecule has 0 atom stereocenters. The minimum Gasteiger partial charge on any atom is -0.501 e. The van der Waals surface area contributed by atoms with Gasteiger partial charge in [0.05, 0.1) is 35.2 Å². The summed E-state index contributed by atoms with van der Waals surface area (Å²) in [5, 5.41) is 4.52. The van der Waals surface area contributed by atoms with Crippen LogP contribution in [0.25, 0.3) is 33.1 Å². The smallest absolute Gasteiger partial charge is 0.418 e. The van der Waals surface area contributed by atoms with E-state index in [4.69, 9.17) is 4.74 Å². The van der Waals surface area contributed by atoms with E-state index in [1.54, 1.807) is 29.5 Å². The Balaban J connectivity index is 1.60. The molecule has 1 N–H and O–H groups in total. The van der Waals surface area contributed by atoms with Crippen molar-refractivity contribution in [3.63, 3.8) is 0 Å². The maximum Gasteiger partial charge on any atom is 0.418 e. The molecule has 0 amide bonds. The molecule has 1 saturated heterocycles. The van der Waals surface area contributed by atoms with Crippen molar-refractivity contribution in [1.82, 2.24) is 14.9 Å². The predicted molar refractivity (Wildman–Crippen MR) is 133 cm³/mol. The number of piperazine rings is 1. The number of halogens is 3. The molecule has 0 spiro atoms. The molecule has 36 heavy (non-hydrogen) atoms. The number of benzene rings is 2. The molecule has 2 aromatic heterocycles. The van der Waals surface area contributed by atoms with E-state index in [-0.39, 0.29) is 11.4 Å². The molecule has 0 aliphatic carbocycles. The second kappa shape index (κ2) is 8.67. The number of ether oxygens (including phenoxy) is 1. The highest BCUT2D eigenvalue weighted by atomic mass is 19.4. The molecule has 6 rings (SSSR count). The summed E-state index contributed by atoms with van der Waals surface area (Å²) in [4.78, 5) is 19.4. The van der Waals surface area contributed by atoms with Crippen molar-refractivity contribution in [3.05, 3.63) is 82.5 Å². The predicted octanol–water partition coefficient (Wildman–Crippen LogP) is 4.73. The van der Waals surface area contributed by atoms with Crippen LogP contribution >= 0.6 is 0 Å². The molecule has 1 fully saturated rings. The number of nitrogens with one attached hydrogen (secondary N) is 1. The van der Waals surface area contributed by atoms with E-state index in [2.05, 4.69) is 10.3 Å². The van der Waals surface area contributed by atoms with Gasteiger partial charge in [0, 0.05) is 61.3 Å². The number of aromatic nitrogens is 2. The highest BCUT2D eigenvalue weighted by molar-refractivity contribution is 6.05. The lowest BCUT2D eigenvalue weighted by Crippen LogP contribution is -2.44. The molecule has 2 aromatic carbocycles. The highest BCUT2D eigenvalue weighted by Crippen LogP contribution is 2.39. The van der Waals surface area contributed by atoms with E-state index >= 15 is 0 Å². The summed E-state index contributed by atoms with van der Waals surface area (Å²) in [6.07, 6.45) is -0.447. The molecule has 0 radical (unpaired) electrons. The van der Waals surface area contributed by atoms with Gasteiger partial charge in [0.1, 0.15) is 0 Å². The standard InChI is InChI=1S/C27H23F3N4O2/c28-27(29,30)22-14-20(3-5-24(22)33-10-8-31-9-11-33)34-25(35)6-2-18-15-32-23-4-1-17(13-21(23)26(18)34)19-7-12-36-16-19/h1-6,13-16,31H,7-12H2. The highest BCUT2D eigenvalue weighted by Gasteiger charge is 2.36. The Bertz CT molecular complexity index is 1570. The Morgan fingerprint density at radius 2 is 1.83 bits per heavy atom. The van der Waals surface area contributed by atoms with Gasteiger partial charge in [0.15, 0.2) is 0 Å². The van der Waals surface area contributed by atoms with Crippen LogP contribution in [-0.4, -0.2) is 42.3 Å². The van der Waals surface area contributed by atoms with Crippen molar-refractivity contribution >= 4 is 33.1 Å². The van der Waals surface area contributed by atoms with E-state index in [1.807, 2.05) is 18.2 Å². The first-order chi connectivity index (χ1) is 17.4. The molecule has 6 nitrogen and oxygen atoms in total. The quantitative estimate of drug-likeness (QED) is 0.419. The van der Waals surface area contributed by atoms with Crippen molar-refractivity contribution < 1.29 is 17.9 Å². The lowest BCUT2D eigenvalue weighted by molar-refractivity contribution is -0.137. The summed E-state index contributed by atoms with van der Waals surface area (Å²) in [6.45, 7) is 2.80. The molecule has 2 aliphatic heterocycles. The first-order valence-electron chi connectivity index (χ1n) is 11.8. The first kappa shape index (κ1) is 22.6. The minimum atomic E-state index is -4.57. The van der Waals surface area contributed by atoms with Crippen LogP contribution in [0, 0.1) is 0 Å². The van der Waals surface area contributed by atoms with Gasteiger partial charge >= 0.3 is 6.18 Å². The molecule has 184 valence electrons. The van der Waals surface area contributed by atoms with Crippen LogP contribution in [0.5, 0.6) is 0 Å². The normalized spacial score (nSPS) is 16.4. The average Bonchev–Trinajstić information content (AvgIpc) is 3.43. The van der Waals surface area contributed by atoms with E-state index in [0.29, 0.717) is 54.6 Å². The van der Waals surface area contributed by atoms with Crippen molar-refractivity contribution in [1.29, 1.82) is 0 Å². The number of pyridine rings is 2. The van der Waals surface area contributed by atoms with E-state index in [1.165, 1.54) is 16.7 Å². The maximum atomic E-state index is 14.2. The van der Waals surface area contributed by atoms with Crippen LogP contribution in [0.2, 0.25) is 0 Å². The topological polar surface area (TPSA) is 59.4 Å². The summed E-state index contributed by atoms with van der Waals surface area (Å²) in [5.41, 5.74) is 2.27. The van der Waals surface area contributed by atoms with Gasteiger partial charge in [-0.05, 0) is 47.5 Å². The fourth-order valence-electron chi connectivity index (χ4n) is 5.04. The number of hydrogen-bond donors (Lipinski definition) is 1. The van der Waals surface area contributed by atoms with Crippen molar-refractivity contribution in [2.75, 3.05) is 37.7 Å². The van der Waals surface area contributed by atoms with Gasteiger partial charge in [0.25, 0.3) is 5.56 Å². The number of rotatable bonds is 3. The van der Waals surface area contributed by atoms with Crippen molar-refractivity contribution in [2.24, 2.45) is 0 Å². The molecule has 0 unspecified atom stereocenters. The van der Waals surface area contributed by atoms with Crippen LogP contribution < -0.4 is 15.8 Å². The van der Waals surface area contributed by atoms with Gasteiger partial charge in [-0.1, -0.05) is 6.07 Å². The molecule has 4 heterocycles. The fourth-order valence-corrected chi connectivity index (χ4v) is 5.04. The lowest BCUT2D eigenvalue weighted by atomic mass is 10.0. The SMILES string of the molecule is O=c1ccc2cnc3ccc(C4=COCC4)cc3c2n1-c1ccc(N2CCNCC2)c(C(F)(F)F)c1. The van der Waals surface area contributed by atoms with Crippen LogP contribution in [0.4, 0.5) is 18.9 Å². The summed E-state index contributed by atoms with van der Waals surface area (Å²) in [6, 6.07) is 12.9. The zero-order valence-electron chi connectivity index (χ0n) is 19.3. The maximum absolute atomic E-state index is 14.2. The molecular formula is C27H23F3N4O2. The van der Waals surface area contributed by atoms with Gasteiger partial charge < -0.3 is 15.0 Å². The van der Waals surface area contributed by atoms with E-state index in [9.17, 15) is 18.0 Å². The summed E-state index contributed by atoms with van der Waals surface area (Å²) < 4.78 is 49.4. The largest absolute Gasteiger partial charge is 0.501 e. The summed E-state index contributed by atoms with van der Waals surface area (Å²) >= 11 is 0. The number of hydrogen-bond acceptors (Lipinski definition) is 5. The van der Waals surface area contributed by atoms with Gasteiger partial charge in [-0.3, -0.25) is 14.3 Å². The van der Waals surface area contributed by atoms with Crippen LogP contribution in [-0.2, 0) is 10.9 Å². The fraction of sp³-hybridized carbons (Fsp3) is 0.259. The van der Waals surface area contributed by atoms with Crippen molar-refractivity contribution in [3.8, 4) is 5.69 Å². The van der Waals surface area contributed by atoms with Gasteiger partial charge in [-0.15, -0.1) is 0 Å². The molecule has 4 aromatic rings. The third-order valence-corrected chi connectivity index (χ3v) is 6.80. The third-order valence-electron chi connectivity index (χ3n) is 6.80. The molecule has 9 heteroatoms. The zero-order valence-corrected chi connectivity index (χ0v) is 19.3. The van der Waals surface area contributed by atoms with Gasteiger partial charge in [0.2, 0.25) is 0 Å². The molecular weight excluding hydrogens is 469 g/mol. The second-order valence-electron chi connectivity index (χ2n) is 9.00. The first-order valence-corrected chi connectivity index (χ1v) is 11.8. The Morgan fingerprint density at radius 3 is 2.58 bits per heavy atom.